The average molecular weight is 362 g/mol. The average Bonchev–Trinajstić information content (AvgIpc) is 2.71. The van der Waals surface area contributed by atoms with Gasteiger partial charge in [-0.15, -0.1) is 11.7 Å². The molecule has 0 aliphatic rings. The van der Waals surface area contributed by atoms with E-state index in [-0.39, 0.29) is 24.4 Å². The van der Waals surface area contributed by atoms with Gasteiger partial charge in [0.1, 0.15) is 5.52 Å². The van der Waals surface area contributed by atoms with Crippen LogP contribution in [0.5, 0.6) is 0 Å². The lowest BCUT2D eigenvalue weighted by Crippen LogP contribution is -2.35. The van der Waals surface area contributed by atoms with Crippen LogP contribution in [-0.4, -0.2) is 38.9 Å². The van der Waals surface area contributed by atoms with Crippen LogP contribution < -0.4 is 5.56 Å². The molecule has 1 amide bonds. The third kappa shape index (κ3) is 4.67. The maximum absolute atomic E-state index is 12.6. The van der Waals surface area contributed by atoms with Gasteiger partial charge in [0.15, 0.2) is 0 Å². The molecule has 0 saturated heterocycles. The van der Waals surface area contributed by atoms with Crippen molar-refractivity contribution in [3.8, 4) is 0 Å². The Morgan fingerprint density at radius 2 is 1.85 bits per heavy atom. The van der Waals surface area contributed by atoms with E-state index in [4.69, 9.17) is 0 Å². The SMILES string of the molecule is C=CCN(CCc1ccccc1)C(=O)CCn1nnc2ccccc2c1=O. The minimum absolute atomic E-state index is 0.0345. The van der Waals surface area contributed by atoms with Gasteiger partial charge >= 0.3 is 0 Å². The van der Waals surface area contributed by atoms with E-state index in [2.05, 4.69) is 16.9 Å². The fourth-order valence-corrected chi connectivity index (χ4v) is 2.91. The maximum atomic E-state index is 12.6. The molecular weight excluding hydrogens is 340 g/mol. The fraction of sp³-hybridized carbons (Fsp3) is 0.238. The Bertz CT molecular complexity index is 982. The molecule has 1 aromatic heterocycles. The maximum Gasteiger partial charge on any atom is 0.277 e. The number of hydrogen-bond acceptors (Lipinski definition) is 4. The molecule has 2 aromatic carbocycles. The van der Waals surface area contributed by atoms with Gasteiger partial charge in [-0.05, 0) is 24.1 Å². The highest BCUT2D eigenvalue weighted by molar-refractivity contribution is 5.77. The number of carbonyl (C=O) groups excluding carboxylic acids is 1. The van der Waals surface area contributed by atoms with Crippen LogP contribution in [0.4, 0.5) is 0 Å². The number of nitrogens with zero attached hydrogens (tertiary/aromatic N) is 4. The first-order valence-electron chi connectivity index (χ1n) is 8.94. The Morgan fingerprint density at radius 1 is 1.11 bits per heavy atom. The predicted octanol–water partition coefficient (Wildman–Crippen LogP) is 2.44. The number of aryl methyl sites for hydroxylation is 1. The molecule has 3 rings (SSSR count). The van der Waals surface area contributed by atoms with Gasteiger partial charge in [0.2, 0.25) is 5.91 Å². The summed E-state index contributed by atoms with van der Waals surface area (Å²) in [5.74, 6) is -0.0345. The zero-order valence-corrected chi connectivity index (χ0v) is 15.1. The summed E-state index contributed by atoms with van der Waals surface area (Å²) >= 11 is 0. The van der Waals surface area contributed by atoms with Gasteiger partial charge in [-0.25, -0.2) is 4.68 Å². The van der Waals surface area contributed by atoms with Gasteiger partial charge in [0, 0.05) is 19.5 Å². The van der Waals surface area contributed by atoms with Crippen molar-refractivity contribution in [3.63, 3.8) is 0 Å². The van der Waals surface area contributed by atoms with Crippen LogP contribution in [0.2, 0.25) is 0 Å². The van der Waals surface area contributed by atoms with E-state index in [0.29, 0.717) is 24.0 Å². The standard InChI is InChI=1S/C21H22N4O2/c1-2-14-24(15-12-17-8-4-3-5-9-17)20(26)13-16-25-21(27)18-10-6-7-11-19(18)22-23-25/h2-11H,1,12-16H2. The summed E-state index contributed by atoms with van der Waals surface area (Å²) in [5.41, 5.74) is 1.50. The predicted molar refractivity (Wildman–Crippen MR) is 105 cm³/mol. The van der Waals surface area contributed by atoms with Gasteiger partial charge < -0.3 is 4.90 Å². The molecule has 0 unspecified atom stereocenters. The van der Waals surface area contributed by atoms with E-state index >= 15 is 0 Å². The first-order valence-corrected chi connectivity index (χ1v) is 8.94. The van der Waals surface area contributed by atoms with E-state index in [1.54, 1.807) is 29.2 Å². The van der Waals surface area contributed by atoms with Crippen molar-refractivity contribution in [1.82, 2.24) is 19.9 Å². The smallest absolute Gasteiger partial charge is 0.277 e. The van der Waals surface area contributed by atoms with Gasteiger partial charge in [-0.2, -0.15) is 0 Å². The molecule has 0 fully saturated rings. The van der Waals surface area contributed by atoms with Gasteiger partial charge in [0.25, 0.3) is 5.56 Å². The quantitative estimate of drug-likeness (QED) is 0.577. The molecular formula is C21H22N4O2. The van der Waals surface area contributed by atoms with Crippen molar-refractivity contribution >= 4 is 16.8 Å². The Morgan fingerprint density at radius 3 is 2.63 bits per heavy atom. The lowest BCUT2D eigenvalue weighted by molar-refractivity contribution is -0.131. The number of fused-ring (bicyclic) bond motifs is 1. The summed E-state index contributed by atoms with van der Waals surface area (Å²) in [5, 5.41) is 8.50. The van der Waals surface area contributed by atoms with Crippen molar-refractivity contribution in [2.45, 2.75) is 19.4 Å². The second kappa shape index (κ2) is 8.89. The molecule has 0 aliphatic carbocycles. The second-order valence-electron chi connectivity index (χ2n) is 6.25. The molecule has 0 bridgehead atoms. The fourth-order valence-electron chi connectivity index (χ4n) is 2.91. The zero-order chi connectivity index (χ0) is 19.1. The first-order chi connectivity index (χ1) is 13.2. The van der Waals surface area contributed by atoms with Crippen molar-refractivity contribution in [1.29, 1.82) is 0 Å². The van der Waals surface area contributed by atoms with E-state index < -0.39 is 0 Å². The molecule has 0 saturated carbocycles. The van der Waals surface area contributed by atoms with Gasteiger partial charge in [-0.3, -0.25) is 9.59 Å². The van der Waals surface area contributed by atoms with Crippen molar-refractivity contribution in [3.05, 3.63) is 83.2 Å². The van der Waals surface area contributed by atoms with E-state index in [1.165, 1.54) is 10.2 Å². The van der Waals surface area contributed by atoms with Crippen LogP contribution in [0.25, 0.3) is 10.9 Å². The number of aromatic nitrogens is 3. The summed E-state index contributed by atoms with van der Waals surface area (Å²) in [7, 11) is 0. The number of benzene rings is 2. The first kappa shape index (κ1) is 18.5. The molecule has 0 radical (unpaired) electrons. The highest BCUT2D eigenvalue weighted by atomic mass is 16.2. The largest absolute Gasteiger partial charge is 0.339 e. The van der Waals surface area contributed by atoms with Gasteiger partial charge in [0.05, 0.1) is 11.9 Å². The van der Waals surface area contributed by atoms with Crippen LogP contribution in [-0.2, 0) is 17.8 Å². The lowest BCUT2D eigenvalue weighted by Gasteiger charge is -2.21. The highest BCUT2D eigenvalue weighted by Gasteiger charge is 2.14. The summed E-state index contributed by atoms with van der Waals surface area (Å²) < 4.78 is 1.25. The number of hydrogen-bond donors (Lipinski definition) is 0. The topological polar surface area (TPSA) is 68.1 Å². The minimum Gasteiger partial charge on any atom is -0.339 e. The second-order valence-corrected chi connectivity index (χ2v) is 6.25. The van der Waals surface area contributed by atoms with Gasteiger partial charge in [-0.1, -0.05) is 53.8 Å². The van der Waals surface area contributed by atoms with E-state index in [9.17, 15) is 9.59 Å². The van der Waals surface area contributed by atoms with E-state index in [1.807, 2.05) is 36.4 Å². The van der Waals surface area contributed by atoms with E-state index in [0.717, 1.165) is 6.42 Å². The third-order valence-corrected chi connectivity index (χ3v) is 4.38. The Hall–Kier alpha value is -3.28. The van der Waals surface area contributed by atoms with Crippen LogP contribution in [0.15, 0.2) is 72.0 Å². The van der Waals surface area contributed by atoms with Crippen LogP contribution in [0.1, 0.15) is 12.0 Å². The normalized spacial score (nSPS) is 10.7. The molecule has 6 heteroatoms. The lowest BCUT2D eigenvalue weighted by atomic mass is 10.1. The minimum atomic E-state index is -0.229. The molecule has 6 nitrogen and oxygen atoms in total. The number of amides is 1. The van der Waals surface area contributed by atoms with Crippen LogP contribution in [0.3, 0.4) is 0 Å². The molecule has 0 N–H and O–H groups in total. The Labute approximate surface area is 157 Å². The summed E-state index contributed by atoms with van der Waals surface area (Å²) in [6.07, 6.45) is 2.68. The third-order valence-electron chi connectivity index (χ3n) is 4.38. The van der Waals surface area contributed by atoms with Crippen LogP contribution in [0, 0.1) is 0 Å². The highest BCUT2D eigenvalue weighted by Crippen LogP contribution is 2.06. The monoisotopic (exact) mass is 362 g/mol. The van der Waals surface area contributed by atoms with Crippen molar-refractivity contribution in [2.75, 3.05) is 13.1 Å². The Kier molecular flexibility index (Phi) is 6.10. The number of rotatable bonds is 8. The summed E-state index contributed by atoms with van der Waals surface area (Å²) in [6.45, 7) is 5.02. The molecule has 0 spiro atoms. The van der Waals surface area contributed by atoms with Crippen molar-refractivity contribution < 1.29 is 4.79 Å². The molecule has 0 atom stereocenters. The molecule has 0 aliphatic heterocycles. The molecule has 1 heterocycles. The molecule has 3 aromatic rings. The summed E-state index contributed by atoms with van der Waals surface area (Å²) in [6, 6.07) is 17.1. The zero-order valence-electron chi connectivity index (χ0n) is 15.1. The number of carbonyl (C=O) groups is 1. The van der Waals surface area contributed by atoms with Crippen molar-refractivity contribution in [2.24, 2.45) is 0 Å². The summed E-state index contributed by atoms with van der Waals surface area (Å²) in [4.78, 5) is 26.8. The van der Waals surface area contributed by atoms with Crippen LogP contribution >= 0.6 is 0 Å². The Balaban J connectivity index is 1.64. The molecule has 27 heavy (non-hydrogen) atoms. The molecule has 138 valence electrons.